The number of nitrogens with one attached hydrogen (secondary N) is 1. The number of aromatic nitrogens is 1. The summed E-state index contributed by atoms with van der Waals surface area (Å²) >= 11 is 6.03. The van der Waals surface area contributed by atoms with Crippen LogP contribution in [0.25, 0.3) is 10.9 Å². The third-order valence-corrected chi connectivity index (χ3v) is 5.76. The van der Waals surface area contributed by atoms with Crippen molar-refractivity contribution in [3.63, 3.8) is 0 Å². The second kappa shape index (κ2) is 7.16. The van der Waals surface area contributed by atoms with Gasteiger partial charge >= 0.3 is 0 Å². The highest BCUT2D eigenvalue weighted by Crippen LogP contribution is 2.36. The Labute approximate surface area is 167 Å². The number of fused-ring (bicyclic) bond motifs is 2. The van der Waals surface area contributed by atoms with Crippen LogP contribution in [-0.2, 0) is 24.8 Å². The molecule has 1 N–H and O–H groups in total. The lowest BCUT2D eigenvalue weighted by atomic mass is 9.85. The van der Waals surface area contributed by atoms with Crippen molar-refractivity contribution in [3.8, 4) is 0 Å². The number of pyridine rings is 1. The van der Waals surface area contributed by atoms with Gasteiger partial charge in [0.25, 0.3) is 0 Å². The second-order valence-corrected chi connectivity index (χ2v) is 9.02. The molecule has 27 heavy (non-hydrogen) atoms. The van der Waals surface area contributed by atoms with E-state index in [9.17, 15) is 0 Å². The normalized spacial score (nSPS) is 14.2. The summed E-state index contributed by atoms with van der Waals surface area (Å²) in [5.74, 6) is 0. The van der Waals surface area contributed by atoms with Crippen molar-refractivity contribution >= 4 is 28.2 Å². The van der Waals surface area contributed by atoms with Crippen LogP contribution in [0.4, 0.5) is 5.69 Å². The smallest absolute Gasteiger partial charge is 0.0726 e. The largest absolute Gasteiger partial charge is 0.380 e. The average molecular weight is 379 g/mol. The molecule has 0 atom stereocenters. The maximum atomic E-state index is 6.03. The van der Waals surface area contributed by atoms with E-state index in [2.05, 4.69) is 56.4 Å². The Morgan fingerprint density at radius 1 is 1.00 bits per heavy atom. The van der Waals surface area contributed by atoms with Crippen LogP contribution in [-0.4, -0.2) is 4.98 Å². The second-order valence-electron chi connectivity index (χ2n) is 8.58. The molecule has 4 rings (SSSR count). The first-order chi connectivity index (χ1) is 12.9. The Bertz CT molecular complexity index is 968. The molecule has 3 aromatic rings. The first-order valence-electron chi connectivity index (χ1n) is 9.86. The Hall–Kier alpha value is -2.06. The van der Waals surface area contributed by atoms with Gasteiger partial charge in [-0.15, -0.1) is 0 Å². The molecule has 0 fully saturated rings. The summed E-state index contributed by atoms with van der Waals surface area (Å²) in [6, 6.07) is 14.8. The fourth-order valence-electron chi connectivity index (χ4n) is 3.88. The number of aryl methyl sites for hydroxylation is 1. The van der Waals surface area contributed by atoms with E-state index in [1.165, 1.54) is 46.3 Å². The van der Waals surface area contributed by atoms with E-state index >= 15 is 0 Å². The Balaban J connectivity index is 1.80. The number of benzene rings is 2. The van der Waals surface area contributed by atoms with E-state index in [1.807, 2.05) is 12.1 Å². The van der Waals surface area contributed by atoms with Crippen LogP contribution in [0.3, 0.4) is 0 Å². The summed E-state index contributed by atoms with van der Waals surface area (Å²) in [7, 11) is 0. The molecular weight excluding hydrogens is 352 g/mol. The van der Waals surface area contributed by atoms with Gasteiger partial charge in [-0.05, 0) is 72.1 Å². The van der Waals surface area contributed by atoms with Crippen molar-refractivity contribution in [2.24, 2.45) is 0 Å². The molecule has 2 aromatic carbocycles. The molecule has 0 spiro atoms. The highest BCUT2D eigenvalue weighted by molar-refractivity contribution is 6.30. The van der Waals surface area contributed by atoms with Crippen LogP contribution in [0.5, 0.6) is 0 Å². The van der Waals surface area contributed by atoms with Crippen molar-refractivity contribution in [1.82, 2.24) is 4.98 Å². The van der Waals surface area contributed by atoms with Crippen molar-refractivity contribution in [2.45, 2.75) is 58.4 Å². The van der Waals surface area contributed by atoms with Crippen LogP contribution >= 0.6 is 11.6 Å². The summed E-state index contributed by atoms with van der Waals surface area (Å²) in [6.07, 6.45) is 4.68. The summed E-state index contributed by atoms with van der Waals surface area (Å²) in [5, 5.41) is 5.77. The standard InChI is InChI=1S/C24H27ClN2/c1-24(2,3)17-10-13-22-20(14-17)23(19-6-4-5-7-21(19)27-22)26-15-16-8-11-18(25)12-9-16/h8-14H,4-7,15H2,1-3H3,(H,26,27). The molecule has 0 unspecified atom stereocenters. The van der Waals surface area contributed by atoms with E-state index in [1.54, 1.807) is 0 Å². The minimum absolute atomic E-state index is 0.123. The molecule has 0 aliphatic heterocycles. The van der Waals surface area contributed by atoms with Gasteiger partial charge in [0, 0.05) is 28.3 Å². The van der Waals surface area contributed by atoms with E-state index in [-0.39, 0.29) is 5.41 Å². The lowest BCUT2D eigenvalue weighted by Gasteiger charge is -2.24. The molecule has 0 saturated heterocycles. The van der Waals surface area contributed by atoms with E-state index in [4.69, 9.17) is 16.6 Å². The molecule has 0 radical (unpaired) electrons. The van der Waals surface area contributed by atoms with Crippen LogP contribution in [0.15, 0.2) is 42.5 Å². The van der Waals surface area contributed by atoms with Crippen LogP contribution in [0, 0.1) is 0 Å². The summed E-state index contributed by atoms with van der Waals surface area (Å²) < 4.78 is 0. The van der Waals surface area contributed by atoms with Gasteiger partial charge in [0.05, 0.1) is 5.52 Å². The zero-order valence-electron chi connectivity index (χ0n) is 16.4. The fraction of sp³-hybridized carbons (Fsp3) is 0.375. The van der Waals surface area contributed by atoms with Gasteiger partial charge in [0.15, 0.2) is 0 Å². The van der Waals surface area contributed by atoms with Crippen molar-refractivity contribution in [2.75, 3.05) is 5.32 Å². The van der Waals surface area contributed by atoms with Crippen molar-refractivity contribution < 1.29 is 0 Å². The molecule has 1 aliphatic carbocycles. The van der Waals surface area contributed by atoms with Gasteiger partial charge in [0.1, 0.15) is 0 Å². The van der Waals surface area contributed by atoms with Crippen LogP contribution in [0.1, 0.15) is 56.0 Å². The number of hydrogen-bond donors (Lipinski definition) is 1. The van der Waals surface area contributed by atoms with Crippen molar-refractivity contribution in [3.05, 3.63) is 69.9 Å². The summed E-state index contributed by atoms with van der Waals surface area (Å²) in [4.78, 5) is 5.01. The van der Waals surface area contributed by atoms with E-state index in [0.717, 1.165) is 29.9 Å². The lowest BCUT2D eigenvalue weighted by Crippen LogP contribution is -2.14. The maximum absolute atomic E-state index is 6.03. The molecule has 0 bridgehead atoms. The van der Waals surface area contributed by atoms with Crippen LogP contribution in [0.2, 0.25) is 5.02 Å². The minimum atomic E-state index is 0.123. The highest BCUT2D eigenvalue weighted by atomic mass is 35.5. The lowest BCUT2D eigenvalue weighted by molar-refractivity contribution is 0.591. The zero-order chi connectivity index (χ0) is 19.0. The third kappa shape index (κ3) is 3.82. The SMILES string of the molecule is CC(C)(C)c1ccc2nc3c(c(NCc4ccc(Cl)cc4)c2c1)CCCC3. The van der Waals surface area contributed by atoms with Crippen LogP contribution < -0.4 is 5.32 Å². The number of nitrogens with zero attached hydrogens (tertiary/aromatic N) is 1. The Kier molecular flexibility index (Phi) is 4.86. The molecule has 2 nitrogen and oxygen atoms in total. The number of rotatable bonds is 3. The predicted octanol–water partition coefficient (Wildman–Crippen LogP) is 6.68. The zero-order valence-corrected chi connectivity index (χ0v) is 17.2. The Morgan fingerprint density at radius 2 is 1.74 bits per heavy atom. The van der Waals surface area contributed by atoms with Gasteiger partial charge in [-0.25, -0.2) is 0 Å². The molecule has 140 valence electrons. The Morgan fingerprint density at radius 3 is 2.48 bits per heavy atom. The fourth-order valence-corrected chi connectivity index (χ4v) is 4.01. The van der Waals surface area contributed by atoms with Gasteiger partial charge in [0.2, 0.25) is 0 Å². The first-order valence-corrected chi connectivity index (χ1v) is 10.2. The van der Waals surface area contributed by atoms with E-state index < -0.39 is 0 Å². The number of hydrogen-bond acceptors (Lipinski definition) is 2. The molecule has 3 heteroatoms. The topological polar surface area (TPSA) is 24.9 Å². The summed E-state index contributed by atoms with van der Waals surface area (Å²) in [5.41, 5.74) is 7.77. The molecule has 0 saturated carbocycles. The monoisotopic (exact) mass is 378 g/mol. The first kappa shape index (κ1) is 18.3. The van der Waals surface area contributed by atoms with Gasteiger partial charge < -0.3 is 5.32 Å². The molecular formula is C24H27ClN2. The number of halogens is 1. The molecule has 1 aromatic heterocycles. The van der Waals surface area contributed by atoms with Crippen molar-refractivity contribution in [1.29, 1.82) is 0 Å². The predicted molar refractivity (Wildman–Crippen MR) is 116 cm³/mol. The molecule has 1 heterocycles. The van der Waals surface area contributed by atoms with Gasteiger partial charge in [-0.1, -0.05) is 50.6 Å². The van der Waals surface area contributed by atoms with Gasteiger partial charge in [-0.3, -0.25) is 4.98 Å². The third-order valence-electron chi connectivity index (χ3n) is 5.51. The van der Waals surface area contributed by atoms with Gasteiger partial charge in [-0.2, -0.15) is 0 Å². The number of anilines is 1. The maximum Gasteiger partial charge on any atom is 0.0726 e. The summed E-state index contributed by atoms with van der Waals surface area (Å²) in [6.45, 7) is 7.59. The minimum Gasteiger partial charge on any atom is -0.380 e. The average Bonchev–Trinajstić information content (AvgIpc) is 2.65. The quantitative estimate of drug-likeness (QED) is 0.550. The molecule has 0 amide bonds. The highest BCUT2D eigenvalue weighted by Gasteiger charge is 2.20. The molecule has 1 aliphatic rings. The van der Waals surface area contributed by atoms with E-state index in [0.29, 0.717) is 0 Å².